The zero-order chi connectivity index (χ0) is 17.6. The van der Waals surface area contributed by atoms with E-state index in [0.717, 1.165) is 35.5 Å². The first-order valence-corrected chi connectivity index (χ1v) is 8.60. The smallest absolute Gasteiger partial charge is 0.315 e. The summed E-state index contributed by atoms with van der Waals surface area (Å²) in [7, 11) is 1.64. The summed E-state index contributed by atoms with van der Waals surface area (Å²) in [4.78, 5) is 12.1. The summed E-state index contributed by atoms with van der Waals surface area (Å²) < 4.78 is 11.0. The molecule has 0 aromatic heterocycles. The van der Waals surface area contributed by atoms with Crippen molar-refractivity contribution in [3.63, 3.8) is 0 Å². The van der Waals surface area contributed by atoms with Crippen molar-refractivity contribution in [2.24, 2.45) is 0 Å². The van der Waals surface area contributed by atoms with E-state index >= 15 is 0 Å². The van der Waals surface area contributed by atoms with Crippen molar-refractivity contribution in [1.29, 1.82) is 0 Å². The molecule has 1 aliphatic heterocycles. The van der Waals surface area contributed by atoms with Crippen LogP contribution in [0.4, 0.5) is 4.79 Å². The third-order valence-corrected chi connectivity index (χ3v) is 4.39. The van der Waals surface area contributed by atoms with Crippen molar-refractivity contribution < 1.29 is 14.3 Å². The van der Waals surface area contributed by atoms with Crippen molar-refractivity contribution >= 4 is 6.03 Å². The third-order valence-electron chi connectivity index (χ3n) is 4.39. The normalized spacial score (nSPS) is 15.7. The van der Waals surface area contributed by atoms with E-state index < -0.39 is 0 Å². The van der Waals surface area contributed by atoms with Crippen LogP contribution >= 0.6 is 0 Å². The molecule has 1 aliphatic rings. The lowest BCUT2D eigenvalue weighted by molar-refractivity contribution is 0.214. The second-order valence-corrected chi connectivity index (χ2v) is 6.18. The highest BCUT2D eigenvalue weighted by atomic mass is 16.5. The van der Waals surface area contributed by atoms with Gasteiger partial charge in [-0.25, -0.2) is 4.79 Å². The van der Waals surface area contributed by atoms with Crippen molar-refractivity contribution in [2.75, 3.05) is 13.7 Å². The number of nitrogens with one attached hydrogen (secondary N) is 2. The van der Waals surface area contributed by atoms with E-state index in [1.54, 1.807) is 7.11 Å². The molecule has 2 N–H and O–H groups in total. The fraction of sp³-hybridized carbons (Fsp3) is 0.350. The molecule has 2 aromatic carbocycles. The number of carbonyl (C=O) groups is 1. The van der Waals surface area contributed by atoms with Crippen LogP contribution in [0, 0.1) is 0 Å². The molecule has 0 fully saturated rings. The molecule has 0 spiro atoms. The Morgan fingerprint density at radius 2 is 1.96 bits per heavy atom. The minimum atomic E-state index is -0.181. The molecule has 0 radical (unpaired) electrons. The highest BCUT2D eigenvalue weighted by Crippen LogP contribution is 2.28. The van der Waals surface area contributed by atoms with Crippen molar-refractivity contribution in [3.8, 4) is 11.5 Å². The average molecular weight is 340 g/mol. The van der Waals surface area contributed by atoms with E-state index in [1.165, 1.54) is 5.56 Å². The number of hydrogen-bond acceptors (Lipinski definition) is 3. The van der Waals surface area contributed by atoms with Crippen LogP contribution in [-0.2, 0) is 19.4 Å². The number of hydrogen-bond donors (Lipinski definition) is 2. The Morgan fingerprint density at radius 1 is 1.20 bits per heavy atom. The summed E-state index contributed by atoms with van der Waals surface area (Å²) in [5.41, 5.74) is 3.43. The van der Waals surface area contributed by atoms with Crippen LogP contribution in [0.25, 0.3) is 0 Å². The molecule has 3 rings (SSSR count). The fourth-order valence-corrected chi connectivity index (χ4v) is 2.90. The number of rotatable bonds is 5. The molecule has 0 aliphatic carbocycles. The lowest BCUT2D eigenvalue weighted by atomic mass is 10.0. The average Bonchev–Trinajstić information content (AvgIpc) is 2.66. The summed E-state index contributed by atoms with van der Waals surface area (Å²) >= 11 is 0. The van der Waals surface area contributed by atoms with Crippen molar-refractivity contribution in [1.82, 2.24) is 10.6 Å². The van der Waals surface area contributed by atoms with E-state index in [2.05, 4.69) is 29.7 Å². The molecule has 0 bridgehead atoms. The molecule has 1 heterocycles. The summed E-state index contributed by atoms with van der Waals surface area (Å²) in [6, 6.07) is 13.8. The Hall–Kier alpha value is -2.69. The molecule has 25 heavy (non-hydrogen) atoms. The molecule has 5 nitrogen and oxygen atoms in total. The topological polar surface area (TPSA) is 59.6 Å². The van der Waals surface area contributed by atoms with Gasteiger partial charge in [0.25, 0.3) is 0 Å². The van der Waals surface area contributed by atoms with Crippen molar-refractivity contribution in [2.45, 2.75) is 32.4 Å². The van der Waals surface area contributed by atoms with Crippen LogP contribution in [0.3, 0.4) is 0 Å². The maximum atomic E-state index is 12.1. The Morgan fingerprint density at radius 3 is 2.68 bits per heavy atom. The highest BCUT2D eigenvalue weighted by molar-refractivity contribution is 5.74. The predicted molar refractivity (Wildman–Crippen MR) is 97.2 cm³/mol. The van der Waals surface area contributed by atoms with Gasteiger partial charge >= 0.3 is 6.03 Å². The number of amides is 2. The van der Waals surface area contributed by atoms with Gasteiger partial charge in [0.05, 0.1) is 13.2 Å². The maximum absolute atomic E-state index is 12.1. The molecule has 0 unspecified atom stereocenters. The van der Waals surface area contributed by atoms with E-state index in [9.17, 15) is 4.79 Å². The third kappa shape index (κ3) is 4.44. The van der Waals surface area contributed by atoms with Gasteiger partial charge in [0.1, 0.15) is 18.1 Å². The number of benzene rings is 2. The van der Waals surface area contributed by atoms with E-state index in [0.29, 0.717) is 13.2 Å². The number of urea groups is 1. The van der Waals surface area contributed by atoms with Crippen LogP contribution < -0.4 is 20.1 Å². The minimum Gasteiger partial charge on any atom is -0.497 e. The van der Waals surface area contributed by atoms with Gasteiger partial charge in [0.2, 0.25) is 0 Å². The fourth-order valence-electron chi connectivity index (χ4n) is 2.90. The van der Waals surface area contributed by atoms with Crippen LogP contribution in [0.2, 0.25) is 0 Å². The van der Waals surface area contributed by atoms with Gasteiger partial charge in [0, 0.05) is 6.54 Å². The zero-order valence-corrected chi connectivity index (χ0v) is 14.7. The summed E-state index contributed by atoms with van der Waals surface area (Å²) in [5.74, 6) is 1.65. The van der Waals surface area contributed by atoms with Gasteiger partial charge in [-0.15, -0.1) is 0 Å². The number of aryl methyl sites for hydroxylation is 1. The first-order chi connectivity index (χ1) is 12.2. The lowest BCUT2D eigenvalue weighted by Crippen LogP contribution is -2.47. The maximum Gasteiger partial charge on any atom is 0.315 e. The molecule has 5 heteroatoms. The van der Waals surface area contributed by atoms with E-state index in [4.69, 9.17) is 9.47 Å². The van der Waals surface area contributed by atoms with Gasteiger partial charge in [-0.3, -0.25) is 0 Å². The SMILES string of the molecule is CCc1ccc(CNC(=O)N[C@H]2COc3ccc(OC)cc3C2)cc1. The summed E-state index contributed by atoms with van der Waals surface area (Å²) in [6.07, 6.45) is 1.74. The molecule has 1 atom stereocenters. The Bertz CT molecular complexity index is 728. The number of fused-ring (bicyclic) bond motifs is 1. The quantitative estimate of drug-likeness (QED) is 0.879. The highest BCUT2D eigenvalue weighted by Gasteiger charge is 2.21. The summed E-state index contributed by atoms with van der Waals surface area (Å²) in [6.45, 7) is 3.10. The van der Waals surface area contributed by atoms with Gasteiger partial charge in [0.15, 0.2) is 0 Å². The van der Waals surface area contributed by atoms with E-state index in [1.807, 2.05) is 30.3 Å². The standard InChI is InChI=1S/C20H24N2O3/c1-3-14-4-6-15(7-5-14)12-21-20(23)22-17-10-16-11-18(24-2)8-9-19(16)25-13-17/h4-9,11,17H,3,10,12-13H2,1-2H3,(H2,21,22,23)/t17-/m1/s1. The van der Waals surface area contributed by atoms with Gasteiger partial charge in [-0.05, 0) is 47.7 Å². The Kier molecular flexibility index (Phi) is 5.43. The number of methoxy groups -OCH3 is 1. The molecule has 132 valence electrons. The first kappa shape index (κ1) is 17.1. The zero-order valence-electron chi connectivity index (χ0n) is 14.7. The van der Waals surface area contributed by atoms with Gasteiger partial charge in [-0.2, -0.15) is 0 Å². The molecule has 0 saturated heterocycles. The van der Waals surface area contributed by atoms with Gasteiger partial charge < -0.3 is 20.1 Å². The molecule has 0 saturated carbocycles. The van der Waals surface area contributed by atoms with E-state index in [-0.39, 0.29) is 12.1 Å². The van der Waals surface area contributed by atoms with Crippen LogP contribution in [0.15, 0.2) is 42.5 Å². The van der Waals surface area contributed by atoms with Crippen LogP contribution in [0.1, 0.15) is 23.6 Å². The van der Waals surface area contributed by atoms with Crippen molar-refractivity contribution in [3.05, 3.63) is 59.2 Å². The lowest BCUT2D eigenvalue weighted by Gasteiger charge is -2.26. The van der Waals surface area contributed by atoms with Gasteiger partial charge in [-0.1, -0.05) is 31.2 Å². The predicted octanol–water partition coefficient (Wildman–Crippen LogP) is 3.06. The van der Waals surface area contributed by atoms with Crippen LogP contribution in [-0.4, -0.2) is 25.8 Å². The molecular weight excluding hydrogens is 316 g/mol. The second-order valence-electron chi connectivity index (χ2n) is 6.18. The molecular formula is C20H24N2O3. The monoisotopic (exact) mass is 340 g/mol. The number of carbonyl (C=O) groups excluding carboxylic acids is 1. The summed E-state index contributed by atoms with van der Waals surface area (Å²) in [5, 5.41) is 5.87. The van der Waals surface area contributed by atoms with Crippen LogP contribution in [0.5, 0.6) is 11.5 Å². The first-order valence-electron chi connectivity index (χ1n) is 8.60. The Labute approximate surface area is 148 Å². The second kappa shape index (κ2) is 7.92. The largest absolute Gasteiger partial charge is 0.497 e. The number of ether oxygens (including phenoxy) is 2. The Balaban J connectivity index is 1.51. The molecule has 2 amide bonds. The minimum absolute atomic E-state index is 0.0536. The molecule has 2 aromatic rings.